The molecule has 5 N–H and O–H groups in total. The van der Waals surface area contributed by atoms with Crippen LogP contribution in [0.3, 0.4) is 0 Å². The molecule has 616 valence electrons. The van der Waals surface area contributed by atoms with Crippen LogP contribution in [0.25, 0.3) is 0 Å². The number of hydrogen-bond acceptors (Lipinski definition) is 11. The number of likely N-dealkylation sites (N-methyl/N-ethyl adjacent to an activating group) is 2. The second kappa shape index (κ2) is 37.0. The van der Waals surface area contributed by atoms with Gasteiger partial charge in [-0.05, 0) is 285 Å². The van der Waals surface area contributed by atoms with Crippen molar-refractivity contribution in [3.63, 3.8) is 0 Å². The van der Waals surface area contributed by atoms with Crippen molar-refractivity contribution in [2.45, 2.75) is 157 Å². The quantitative estimate of drug-likeness (QED) is 0.0406. The maximum atomic E-state index is 13.8. The van der Waals surface area contributed by atoms with Gasteiger partial charge in [0.2, 0.25) is 11.8 Å². The van der Waals surface area contributed by atoms with E-state index in [4.69, 9.17) is 23.2 Å². The molecule has 3 aliphatic heterocycles. The summed E-state index contributed by atoms with van der Waals surface area (Å²) in [6, 6.07) is 37.1. The molecule has 6 aromatic carbocycles. The van der Waals surface area contributed by atoms with Crippen LogP contribution in [0.4, 0.5) is 69.2 Å². The van der Waals surface area contributed by atoms with E-state index in [9.17, 15) is 55.6 Å². The van der Waals surface area contributed by atoms with Crippen LogP contribution in [0.1, 0.15) is 144 Å². The minimum Gasteiger partial charge on any atom is -0.326 e. The molecule has 19 nitrogen and oxygen atoms in total. The Morgan fingerprint density at radius 1 is 0.461 bits per heavy atom. The number of nitrogens with one attached hydrogen (secondary N) is 5. The largest absolute Gasteiger partial charge is 0.419 e. The molecule has 15 rings (SSSR count). The minimum absolute atomic E-state index is 0.000513. The second-order valence-electron chi connectivity index (χ2n) is 33.5. The number of likely N-dealkylation sites (tertiary alicyclic amines) is 1. The lowest BCUT2D eigenvalue weighted by Crippen LogP contribution is -2.48. The highest BCUT2D eigenvalue weighted by Crippen LogP contribution is 2.65. The Kier molecular flexibility index (Phi) is 27.2. The SMILES string of the molecule is CC(=O)Nc1cccc([C@]23CC[C@@H](N(CCCN4CCN(C)CC4)C(=O)Nc4ccc(F)c(Cl)c4)CC2C3)c1.CC(=O)Nc1cccc([C@]23CC[C@@H](N(CCN4CCCC4)C(=O)Nc4ccc(F)c(C(F)(F)F)c4)CC2C3)c1.CN1CCN(CCCN(C(=O)Nc2ccc(F)c(Cl)c2)[C@@H]2CC[C@@]3(c4cccc(C#N)c4)C[C@H]3C2)CC1. The number of nitriles is 1. The van der Waals surface area contributed by atoms with Gasteiger partial charge in [-0.15, -0.1) is 0 Å². The molecular formula is C88H108Cl2F6N14O5. The van der Waals surface area contributed by atoms with E-state index in [0.29, 0.717) is 66.9 Å². The van der Waals surface area contributed by atoms with Crippen molar-refractivity contribution >= 4 is 81.5 Å². The number of anilines is 5. The van der Waals surface area contributed by atoms with E-state index in [1.165, 1.54) is 54.8 Å². The van der Waals surface area contributed by atoms with Crippen molar-refractivity contribution in [3.8, 4) is 6.07 Å². The first kappa shape index (κ1) is 84.4. The predicted molar refractivity (Wildman–Crippen MR) is 439 cm³/mol. The molecule has 6 aliphatic carbocycles. The van der Waals surface area contributed by atoms with Gasteiger partial charge in [0.05, 0.1) is 27.2 Å². The van der Waals surface area contributed by atoms with E-state index in [0.717, 1.165) is 205 Å². The lowest BCUT2D eigenvalue weighted by molar-refractivity contribution is -0.140. The number of benzene rings is 6. The highest BCUT2D eigenvalue weighted by molar-refractivity contribution is 6.31. The summed E-state index contributed by atoms with van der Waals surface area (Å²) < 4.78 is 80.8. The molecule has 9 aliphatic rings. The van der Waals surface area contributed by atoms with Gasteiger partial charge in [-0.3, -0.25) is 9.59 Å². The maximum Gasteiger partial charge on any atom is 0.419 e. The average molecular weight is 1630 g/mol. The first-order chi connectivity index (χ1) is 55.2. The third kappa shape index (κ3) is 21.1. The van der Waals surface area contributed by atoms with Crippen molar-refractivity contribution in [2.24, 2.45) is 17.8 Å². The van der Waals surface area contributed by atoms with Crippen molar-refractivity contribution in [1.29, 1.82) is 5.26 Å². The van der Waals surface area contributed by atoms with Gasteiger partial charge in [0.25, 0.3) is 0 Å². The van der Waals surface area contributed by atoms with E-state index >= 15 is 0 Å². The molecule has 9 fully saturated rings. The summed E-state index contributed by atoms with van der Waals surface area (Å²) in [5.74, 6) is -1.14. The monoisotopic (exact) mass is 1620 g/mol. The summed E-state index contributed by atoms with van der Waals surface area (Å²) >= 11 is 11.9. The molecule has 0 radical (unpaired) electrons. The van der Waals surface area contributed by atoms with Gasteiger partial charge in [0.1, 0.15) is 17.5 Å². The number of rotatable bonds is 22. The molecule has 3 saturated heterocycles. The van der Waals surface area contributed by atoms with Crippen LogP contribution in [0, 0.1) is 46.5 Å². The van der Waals surface area contributed by atoms with Gasteiger partial charge in [-0.2, -0.15) is 18.4 Å². The molecule has 9 atom stereocenters. The average Bonchev–Trinajstić information content (AvgIpc) is 1.57. The number of piperazine rings is 2. The van der Waals surface area contributed by atoms with Crippen molar-refractivity contribution < 1.29 is 50.3 Å². The van der Waals surface area contributed by atoms with Crippen molar-refractivity contribution in [1.82, 2.24) is 39.2 Å². The molecule has 6 saturated carbocycles. The highest BCUT2D eigenvalue weighted by atomic mass is 35.5. The molecule has 27 heteroatoms. The van der Waals surface area contributed by atoms with E-state index in [1.54, 1.807) is 17.0 Å². The Morgan fingerprint density at radius 2 is 0.826 bits per heavy atom. The summed E-state index contributed by atoms with van der Waals surface area (Å²) in [6.07, 6.45) is 10.7. The van der Waals surface area contributed by atoms with E-state index in [2.05, 4.69) is 95.5 Å². The first-order valence-electron chi connectivity index (χ1n) is 41.0. The zero-order chi connectivity index (χ0) is 81.3. The zero-order valence-electron chi connectivity index (χ0n) is 66.3. The third-order valence-corrected chi connectivity index (χ3v) is 26.6. The lowest BCUT2D eigenvalue weighted by atomic mass is 9.80. The molecule has 8 amide bonds. The van der Waals surface area contributed by atoms with Crippen LogP contribution in [-0.4, -0.2) is 206 Å². The van der Waals surface area contributed by atoms with Gasteiger partial charge in [-0.1, -0.05) is 59.6 Å². The Morgan fingerprint density at radius 3 is 1.21 bits per heavy atom. The minimum atomic E-state index is -4.85. The predicted octanol–water partition coefficient (Wildman–Crippen LogP) is 17.0. The smallest absolute Gasteiger partial charge is 0.326 e. The van der Waals surface area contributed by atoms with Crippen LogP contribution < -0.4 is 26.6 Å². The van der Waals surface area contributed by atoms with Gasteiger partial charge in [0, 0.05) is 139 Å². The summed E-state index contributed by atoms with van der Waals surface area (Å²) in [7, 11) is 4.31. The molecule has 6 aromatic rings. The number of carbonyl (C=O) groups excluding carboxylic acids is 5. The summed E-state index contributed by atoms with van der Waals surface area (Å²) in [6.45, 7) is 18.0. The maximum absolute atomic E-state index is 13.8. The van der Waals surface area contributed by atoms with Crippen molar-refractivity contribution in [2.75, 3.05) is 145 Å². The van der Waals surface area contributed by atoms with Crippen LogP contribution in [0.2, 0.25) is 10.0 Å². The third-order valence-electron chi connectivity index (χ3n) is 26.0. The normalized spacial score (nSPS) is 25.1. The Labute approximate surface area is 681 Å². The summed E-state index contributed by atoms with van der Waals surface area (Å²) in [4.78, 5) is 81.3. The van der Waals surface area contributed by atoms with Crippen LogP contribution in [0.15, 0.2) is 127 Å². The summed E-state index contributed by atoms with van der Waals surface area (Å²) in [5, 5.41) is 23.6. The molecule has 3 heterocycles. The number of nitrogens with zero attached hydrogens (tertiary/aromatic N) is 9. The lowest BCUT2D eigenvalue weighted by Gasteiger charge is -2.38. The number of urea groups is 3. The fraction of sp³-hybridized carbons (Fsp3) is 0.523. The topological polar surface area (TPSA) is 195 Å². The van der Waals surface area contributed by atoms with Gasteiger partial charge >= 0.3 is 24.3 Å². The number of hydrogen-bond donors (Lipinski definition) is 5. The van der Waals surface area contributed by atoms with E-state index in [-0.39, 0.29) is 74.0 Å². The van der Waals surface area contributed by atoms with Crippen molar-refractivity contribution in [3.05, 3.63) is 183 Å². The number of fused-ring (bicyclic) bond motifs is 3. The van der Waals surface area contributed by atoms with Gasteiger partial charge in [-0.25, -0.2) is 27.6 Å². The molecule has 115 heavy (non-hydrogen) atoms. The van der Waals surface area contributed by atoms with Crippen LogP contribution in [0.5, 0.6) is 0 Å². The zero-order valence-corrected chi connectivity index (χ0v) is 67.8. The second-order valence-corrected chi connectivity index (χ2v) is 34.4. The Hall–Kier alpha value is -8.48. The van der Waals surface area contributed by atoms with Gasteiger partial charge in [0.15, 0.2) is 0 Å². The Balaban J connectivity index is 0.000000150. The molecule has 0 aromatic heterocycles. The van der Waals surface area contributed by atoms with Crippen LogP contribution in [-0.2, 0) is 32.0 Å². The number of halogens is 8. The number of amides is 8. The standard InChI is InChI=1S/C30H39ClFN5O2.C29H35ClFN5O.C29H34F4N4O2/c1-21(38)33-24-6-3-5-22(17-24)30-10-9-26(18-23(30)20-30)37(12-4-11-36-15-13-35(2)14-16-36)29(39)34-25-7-8-28(32)27(31)19-25;1-34-12-14-35(15-13-34)10-3-11-36(28(37)33-24-6-7-27(31)26(30)18-24)25-8-9-29(19-23(29)17-25)22-5-2-4-21(16-22)20-32;1-19(38)34-22-6-4-5-20(15-22)28-10-9-24(16-21(28)18-28)37(14-13-36-11-2-3-12-36)27(39)35-23-7-8-26(30)25(17-23)29(31,32)33/h3,5-8,17,19,23,26H,4,9-16,18,20H2,1-2H3,(H,33,38)(H,34,39);2,4-7,16,18,23,25H,3,8-15,17,19H2,1H3,(H,33,37);4-8,15,17,21,24H,2-3,9-14,16,18H2,1H3,(H,34,38)(H,35,39)/t23?,26-,30-;23-,25-,29+;21?,24-,28-/m111/s1. The van der Waals surface area contributed by atoms with Crippen LogP contribution >= 0.6 is 23.2 Å². The molecular weight excluding hydrogens is 1520 g/mol. The first-order valence-corrected chi connectivity index (χ1v) is 41.7. The number of carbonyl (C=O) groups is 5. The fourth-order valence-corrected chi connectivity index (χ4v) is 19.7. The van der Waals surface area contributed by atoms with E-state index in [1.807, 2.05) is 58.3 Å². The van der Waals surface area contributed by atoms with Gasteiger partial charge < -0.3 is 65.8 Å². The summed E-state index contributed by atoms with van der Waals surface area (Å²) in [5.41, 5.74) is 5.90. The Bertz CT molecular complexity index is 4500. The molecule has 2 unspecified atom stereocenters. The highest BCUT2D eigenvalue weighted by Gasteiger charge is 2.61. The fourth-order valence-electron chi connectivity index (χ4n) is 19.3. The molecule has 0 spiro atoms. The molecule has 0 bridgehead atoms. The van der Waals surface area contributed by atoms with E-state index < -0.39 is 35.2 Å². The number of alkyl halides is 3.